The second-order valence-corrected chi connectivity index (χ2v) is 6.76. The number of nitrogens with zero attached hydrogens (tertiary/aromatic N) is 3. The first kappa shape index (κ1) is 20.3. The maximum absolute atomic E-state index is 10.9. The molecule has 6 nitrogen and oxygen atoms in total. The molecule has 0 fully saturated rings. The van der Waals surface area contributed by atoms with Crippen molar-refractivity contribution in [2.24, 2.45) is 0 Å². The normalized spacial score (nSPS) is 10.7. The second kappa shape index (κ2) is 10.9. The lowest BCUT2D eigenvalue weighted by Crippen LogP contribution is -2.06. The SMILES string of the molecule is CCCCc1nnc(SCCOc2ccc(C=O)cc2OCC)n1CC. The van der Waals surface area contributed by atoms with Gasteiger partial charge in [0.05, 0.1) is 13.2 Å². The van der Waals surface area contributed by atoms with Gasteiger partial charge in [0.25, 0.3) is 0 Å². The smallest absolute Gasteiger partial charge is 0.191 e. The van der Waals surface area contributed by atoms with Crippen LogP contribution >= 0.6 is 11.8 Å². The predicted octanol–water partition coefficient (Wildman–Crippen LogP) is 4.02. The van der Waals surface area contributed by atoms with Gasteiger partial charge in [0.15, 0.2) is 16.7 Å². The number of aromatic nitrogens is 3. The maximum Gasteiger partial charge on any atom is 0.191 e. The molecule has 0 N–H and O–H groups in total. The zero-order valence-corrected chi connectivity index (χ0v) is 16.6. The summed E-state index contributed by atoms with van der Waals surface area (Å²) in [6.07, 6.45) is 4.05. The summed E-state index contributed by atoms with van der Waals surface area (Å²) in [5.74, 6) is 3.06. The summed E-state index contributed by atoms with van der Waals surface area (Å²) in [4.78, 5) is 10.9. The van der Waals surface area contributed by atoms with Gasteiger partial charge in [-0.2, -0.15) is 0 Å². The molecule has 0 aliphatic rings. The topological polar surface area (TPSA) is 66.2 Å². The van der Waals surface area contributed by atoms with Crippen LogP contribution in [-0.2, 0) is 13.0 Å². The molecule has 0 amide bonds. The van der Waals surface area contributed by atoms with E-state index in [9.17, 15) is 4.79 Å². The summed E-state index contributed by atoms with van der Waals surface area (Å²) in [7, 11) is 0. The Hall–Kier alpha value is -2.02. The van der Waals surface area contributed by atoms with Crippen LogP contribution in [0.15, 0.2) is 23.4 Å². The second-order valence-electron chi connectivity index (χ2n) is 5.70. The molecule has 0 unspecified atom stereocenters. The molecular formula is C19H27N3O3S. The molecule has 0 bridgehead atoms. The number of rotatable bonds is 12. The highest BCUT2D eigenvalue weighted by Gasteiger charge is 2.11. The van der Waals surface area contributed by atoms with Gasteiger partial charge in [-0.25, -0.2) is 0 Å². The molecule has 0 radical (unpaired) electrons. The van der Waals surface area contributed by atoms with E-state index in [1.54, 1.807) is 30.0 Å². The van der Waals surface area contributed by atoms with E-state index in [0.717, 1.165) is 48.8 Å². The molecule has 0 saturated heterocycles. The lowest BCUT2D eigenvalue weighted by molar-refractivity contribution is 0.112. The first-order valence-electron chi connectivity index (χ1n) is 9.13. The molecule has 0 atom stereocenters. The van der Waals surface area contributed by atoms with E-state index in [1.807, 2.05) is 6.92 Å². The highest BCUT2D eigenvalue weighted by atomic mass is 32.2. The van der Waals surface area contributed by atoms with E-state index in [0.29, 0.717) is 30.3 Å². The minimum atomic E-state index is 0.520. The maximum atomic E-state index is 10.9. The summed E-state index contributed by atoms with van der Waals surface area (Å²) < 4.78 is 13.6. The van der Waals surface area contributed by atoms with Crippen LogP contribution in [0.25, 0.3) is 0 Å². The molecule has 2 aromatic rings. The van der Waals surface area contributed by atoms with Crippen molar-refractivity contribution in [3.8, 4) is 11.5 Å². The monoisotopic (exact) mass is 377 g/mol. The Labute approximate surface area is 159 Å². The molecule has 0 aliphatic heterocycles. The Bertz CT molecular complexity index is 703. The van der Waals surface area contributed by atoms with Gasteiger partial charge in [-0.1, -0.05) is 25.1 Å². The number of aryl methyl sites for hydroxylation is 1. The predicted molar refractivity (Wildman–Crippen MR) is 104 cm³/mol. The van der Waals surface area contributed by atoms with Crippen LogP contribution in [-0.4, -0.2) is 40.0 Å². The lowest BCUT2D eigenvalue weighted by atomic mass is 10.2. The van der Waals surface area contributed by atoms with Crippen LogP contribution in [0.2, 0.25) is 0 Å². The molecule has 0 spiro atoms. The molecule has 7 heteroatoms. The van der Waals surface area contributed by atoms with Gasteiger partial charge in [-0.15, -0.1) is 10.2 Å². The number of benzene rings is 1. The minimum Gasteiger partial charge on any atom is -0.490 e. The standard InChI is InChI=1S/C19H27N3O3S/c1-4-7-8-18-20-21-19(22(18)5-2)26-12-11-25-16-10-9-15(14-23)13-17(16)24-6-3/h9-10,13-14H,4-8,11-12H2,1-3H3. The van der Waals surface area contributed by atoms with Crippen molar-refractivity contribution in [3.05, 3.63) is 29.6 Å². The van der Waals surface area contributed by atoms with Crippen LogP contribution in [0, 0.1) is 0 Å². The Balaban J connectivity index is 1.91. The van der Waals surface area contributed by atoms with E-state index < -0.39 is 0 Å². The fraction of sp³-hybridized carbons (Fsp3) is 0.526. The van der Waals surface area contributed by atoms with E-state index in [2.05, 4.69) is 28.6 Å². The van der Waals surface area contributed by atoms with Crippen molar-refractivity contribution in [2.75, 3.05) is 19.0 Å². The van der Waals surface area contributed by atoms with E-state index in [-0.39, 0.29) is 0 Å². The van der Waals surface area contributed by atoms with Crippen molar-refractivity contribution in [2.45, 2.75) is 51.7 Å². The Morgan fingerprint density at radius 2 is 2.00 bits per heavy atom. The third-order valence-electron chi connectivity index (χ3n) is 3.84. The van der Waals surface area contributed by atoms with E-state index in [4.69, 9.17) is 9.47 Å². The van der Waals surface area contributed by atoms with Gasteiger partial charge < -0.3 is 14.0 Å². The number of carbonyl (C=O) groups is 1. The highest BCUT2D eigenvalue weighted by molar-refractivity contribution is 7.99. The average Bonchev–Trinajstić information content (AvgIpc) is 3.06. The number of thioether (sulfide) groups is 1. The number of hydrogen-bond donors (Lipinski definition) is 0. The summed E-state index contributed by atoms with van der Waals surface area (Å²) in [5, 5.41) is 9.56. The van der Waals surface area contributed by atoms with Crippen molar-refractivity contribution < 1.29 is 14.3 Å². The molecule has 1 aromatic carbocycles. The van der Waals surface area contributed by atoms with Crippen LogP contribution in [0.5, 0.6) is 11.5 Å². The van der Waals surface area contributed by atoms with Crippen molar-refractivity contribution in [1.29, 1.82) is 0 Å². The largest absolute Gasteiger partial charge is 0.490 e. The third-order valence-corrected chi connectivity index (χ3v) is 4.77. The molecule has 1 heterocycles. The molecule has 1 aromatic heterocycles. The molecular weight excluding hydrogens is 350 g/mol. The van der Waals surface area contributed by atoms with Crippen LogP contribution in [0.4, 0.5) is 0 Å². The quantitative estimate of drug-likeness (QED) is 0.316. The zero-order valence-electron chi connectivity index (χ0n) is 15.7. The van der Waals surface area contributed by atoms with Crippen LogP contribution in [0.3, 0.4) is 0 Å². The molecule has 0 saturated carbocycles. The van der Waals surface area contributed by atoms with Gasteiger partial charge in [-0.05, 0) is 38.5 Å². The van der Waals surface area contributed by atoms with Crippen molar-refractivity contribution >= 4 is 18.0 Å². The van der Waals surface area contributed by atoms with Gasteiger partial charge in [0, 0.05) is 24.3 Å². The van der Waals surface area contributed by atoms with Gasteiger partial charge in [0.1, 0.15) is 12.1 Å². The summed E-state index contributed by atoms with van der Waals surface area (Å²) in [6.45, 7) is 8.11. The molecule has 0 aliphatic carbocycles. The van der Waals surface area contributed by atoms with Gasteiger partial charge in [-0.3, -0.25) is 4.79 Å². The van der Waals surface area contributed by atoms with Gasteiger partial charge >= 0.3 is 0 Å². The number of carbonyl (C=O) groups excluding carboxylic acids is 1. The van der Waals surface area contributed by atoms with Crippen LogP contribution < -0.4 is 9.47 Å². The average molecular weight is 378 g/mol. The number of hydrogen-bond acceptors (Lipinski definition) is 6. The van der Waals surface area contributed by atoms with Crippen molar-refractivity contribution in [1.82, 2.24) is 14.8 Å². The minimum absolute atomic E-state index is 0.520. The Morgan fingerprint density at radius 1 is 1.15 bits per heavy atom. The van der Waals surface area contributed by atoms with Gasteiger partial charge in [0.2, 0.25) is 0 Å². The summed E-state index contributed by atoms with van der Waals surface area (Å²) >= 11 is 1.64. The fourth-order valence-electron chi connectivity index (χ4n) is 2.53. The number of unbranched alkanes of at least 4 members (excludes halogenated alkanes) is 1. The molecule has 142 valence electrons. The van der Waals surface area contributed by atoms with E-state index >= 15 is 0 Å². The first-order valence-corrected chi connectivity index (χ1v) is 10.1. The summed E-state index contributed by atoms with van der Waals surface area (Å²) in [5.41, 5.74) is 0.575. The molecule has 26 heavy (non-hydrogen) atoms. The van der Waals surface area contributed by atoms with E-state index in [1.165, 1.54) is 0 Å². The highest BCUT2D eigenvalue weighted by Crippen LogP contribution is 2.28. The number of aldehydes is 1. The van der Waals surface area contributed by atoms with Crippen LogP contribution in [0.1, 0.15) is 49.8 Å². The fourth-order valence-corrected chi connectivity index (χ4v) is 3.37. The lowest BCUT2D eigenvalue weighted by Gasteiger charge is -2.12. The first-order chi connectivity index (χ1) is 12.7. The molecule has 2 rings (SSSR count). The number of ether oxygens (including phenoxy) is 2. The zero-order chi connectivity index (χ0) is 18.8. The summed E-state index contributed by atoms with van der Waals surface area (Å²) in [6, 6.07) is 5.20. The van der Waals surface area contributed by atoms with Crippen molar-refractivity contribution in [3.63, 3.8) is 0 Å². The Morgan fingerprint density at radius 3 is 2.69 bits per heavy atom. The third kappa shape index (κ3) is 5.49. The Kier molecular flexibility index (Phi) is 8.47.